The van der Waals surface area contributed by atoms with Crippen LogP contribution in [0.25, 0.3) is 11.0 Å². The molecule has 1 aromatic heterocycles. The number of nitrogens with zero attached hydrogens (tertiary/aromatic N) is 1. The molecule has 3 heterocycles. The number of hydrogen-bond donors (Lipinski definition) is 3. The van der Waals surface area contributed by atoms with Crippen molar-refractivity contribution in [3.63, 3.8) is 0 Å². The second-order valence-corrected chi connectivity index (χ2v) is 8.72. The van der Waals surface area contributed by atoms with Crippen LogP contribution in [0.3, 0.4) is 0 Å². The van der Waals surface area contributed by atoms with E-state index < -0.39 is 29.5 Å². The topological polar surface area (TPSA) is 104 Å². The Hall–Kier alpha value is -3.66. The molecule has 2 aliphatic rings. The van der Waals surface area contributed by atoms with Gasteiger partial charge >= 0.3 is 6.03 Å². The van der Waals surface area contributed by atoms with Crippen molar-refractivity contribution < 1.29 is 27.6 Å². The van der Waals surface area contributed by atoms with Crippen molar-refractivity contribution in [3.05, 3.63) is 58.8 Å². The fourth-order valence-corrected chi connectivity index (χ4v) is 4.55. The zero-order chi connectivity index (χ0) is 24.0. The predicted octanol–water partition coefficient (Wildman–Crippen LogP) is 3.89. The Bertz CT molecular complexity index is 1320. The van der Waals surface area contributed by atoms with Gasteiger partial charge in [-0.2, -0.15) is 0 Å². The van der Waals surface area contributed by atoms with Crippen LogP contribution in [0.15, 0.2) is 41.0 Å². The van der Waals surface area contributed by atoms with E-state index in [0.717, 1.165) is 6.07 Å². The number of amides is 4. The smallest absolute Gasteiger partial charge is 0.319 e. The van der Waals surface area contributed by atoms with Gasteiger partial charge in [-0.15, -0.1) is 0 Å². The highest BCUT2D eigenvalue weighted by molar-refractivity contribution is 6.30. The van der Waals surface area contributed by atoms with E-state index in [1.807, 2.05) is 4.90 Å². The standard InChI is InChI=1S/C23H19ClF2N4O4/c24-11-1-3-15(25)17(7-11)28-23(33)27-12-9-30(10-12)18-8-16(26)20(13-5-6-34-21(13)18)14-2-4-19(31)29-22(14)32/h1,3,5-8,12,14H,2,4,9-10H2,(H2,27,28,33)(H,29,31,32). The van der Waals surface area contributed by atoms with Crippen molar-refractivity contribution in [3.8, 4) is 0 Å². The van der Waals surface area contributed by atoms with Crippen molar-refractivity contribution in [1.82, 2.24) is 10.6 Å². The van der Waals surface area contributed by atoms with Gasteiger partial charge in [0.05, 0.1) is 29.6 Å². The summed E-state index contributed by atoms with van der Waals surface area (Å²) in [5.41, 5.74) is 1.08. The van der Waals surface area contributed by atoms with Crippen LogP contribution in [0.2, 0.25) is 5.02 Å². The molecule has 34 heavy (non-hydrogen) atoms. The van der Waals surface area contributed by atoms with E-state index in [-0.39, 0.29) is 41.1 Å². The van der Waals surface area contributed by atoms with Crippen LogP contribution in [0.5, 0.6) is 0 Å². The molecule has 3 N–H and O–H groups in total. The second-order valence-electron chi connectivity index (χ2n) is 8.28. The lowest BCUT2D eigenvalue weighted by Crippen LogP contribution is -2.60. The van der Waals surface area contributed by atoms with Gasteiger partial charge in [-0.3, -0.25) is 14.9 Å². The van der Waals surface area contributed by atoms with Crippen LogP contribution in [0.4, 0.5) is 25.0 Å². The number of furan rings is 1. The van der Waals surface area contributed by atoms with Gasteiger partial charge in [0.2, 0.25) is 11.8 Å². The lowest BCUT2D eigenvalue weighted by atomic mass is 9.87. The molecule has 2 fully saturated rings. The lowest BCUT2D eigenvalue weighted by molar-refractivity contribution is -0.134. The number of fused-ring (bicyclic) bond motifs is 1. The summed E-state index contributed by atoms with van der Waals surface area (Å²) in [6.45, 7) is 0.747. The summed E-state index contributed by atoms with van der Waals surface area (Å²) in [6, 6.07) is 5.91. The molecule has 0 saturated carbocycles. The molecule has 0 aliphatic carbocycles. The van der Waals surface area contributed by atoms with Crippen molar-refractivity contribution >= 4 is 51.8 Å². The van der Waals surface area contributed by atoms with Gasteiger partial charge in [0.25, 0.3) is 0 Å². The summed E-state index contributed by atoms with van der Waals surface area (Å²) in [5, 5.41) is 8.17. The molecule has 4 amide bonds. The molecule has 3 aromatic rings. The van der Waals surface area contributed by atoms with Gasteiger partial charge in [0, 0.05) is 41.5 Å². The maximum absolute atomic E-state index is 15.2. The number of halogens is 3. The molecule has 0 radical (unpaired) electrons. The summed E-state index contributed by atoms with van der Waals surface area (Å²) < 4.78 is 34.6. The van der Waals surface area contributed by atoms with E-state index in [9.17, 15) is 18.8 Å². The summed E-state index contributed by atoms with van der Waals surface area (Å²) >= 11 is 5.84. The van der Waals surface area contributed by atoms with Gasteiger partial charge in [-0.1, -0.05) is 11.6 Å². The molecule has 0 spiro atoms. The van der Waals surface area contributed by atoms with E-state index >= 15 is 4.39 Å². The molecular formula is C23H19ClF2N4O4. The molecule has 0 bridgehead atoms. The number of benzene rings is 2. The Morgan fingerprint density at radius 2 is 1.94 bits per heavy atom. The number of piperidine rings is 1. The zero-order valence-electron chi connectivity index (χ0n) is 17.7. The van der Waals surface area contributed by atoms with E-state index in [4.69, 9.17) is 16.0 Å². The molecule has 1 unspecified atom stereocenters. The maximum atomic E-state index is 15.2. The fraction of sp³-hybridized carbons (Fsp3) is 0.261. The molecule has 8 nitrogen and oxygen atoms in total. The highest BCUT2D eigenvalue weighted by Gasteiger charge is 2.35. The SMILES string of the molecule is O=C1CCC(c2c(F)cc(N3CC(NC(=O)Nc4cc(Cl)ccc4F)C3)c3occc23)C(=O)N1. The number of carbonyl (C=O) groups excluding carboxylic acids is 3. The zero-order valence-corrected chi connectivity index (χ0v) is 18.4. The van der Waals surface area contributed by atoms with Crippen LogP contribution in [-0.2, 0) is 9.59 Å². The van der Waals surface area contributed by atoms with Crippen molar-refractivity contribution in [2.75, 3.05) is 23.3 Å². The van der Waals surface area contributed by atoms with Crippen LogP contribution in [-0.4, -0.2) is 37.0 Å². The molecule has 11 heteroatoms. The first-order valence-corrected chi connectivity index (χ1v) is 11.0. The molecule has 5 rings (SSSR count). The van der Waals surface area contributed by atoms with Crippen molar-refractivity contribution in [2.45, 2.75) is 24.8 Å². The summed E-state index contributed by atoms with van der Waals surface area (Å²) in [4.78, 5) is 37.8. The maximum Gasteiger partial charge on any atom is 0.319 e. The third-order valence-corrected chi connectivity index (χ3v) is 6.27. The third kappa shape index (κ3) is 4.05. The largest absolute Gasteiger partial charge is 0.462 e. The van der Waals surface area contributed by atoms with Crippen molar-refractivity contribution in [2.24, 2.45) is 0 Å². The van der Waals surface area contributed by atoms with E-state index in [1.165, 1.54) is 24.5 Å². The van der Waals surface area contributed by atoms with Gasteiger partial charge in [0.1, 0.15) is 11.6 Å². The second kappa shape index (κ2) is 8.60. The molecule has 2 saturated heterocycles. The fourth-order valence-electron chi connectivity index (χ4n) is 4.37. The minimum absolute atomic E-state index is 0.0374. The van der Waals surface area contributed by atoms with Crippen molar-refractivity contribution in [1.29, 1.82) is 0 Å². The molecule has 176 valence electrons. The highest BCUT2D eigenvalue weighted by Crippen LogP contribution is 2.39. The first-order valence-electron chi connectivity index (χ1n) is 10.6. The number of hydrogen-bond acceptors (Lipinski definition) is 5. The average molecular weight is 489 g/mol. The average Bonchev–Trinajstić information content (AvgIpc) is 3.23. The number of anilines is 2. The number of urea groups is 1. The highest BCUT2D eigenvalue weighted by atomic mass is 35.5. The first kappa shape index (κ1) is 22.1. The Kier molecular flexibility index (Phi) is 5.60. The summed E-state index contributed by atoms with van der Waals surface area (Å²) in [6.07, 6.45) is 1.78. The quantitative estimate of drug-likeness (QED) is 0.483. The van der Waals surface area contributed by atoms with Crippen LogP contribution < -0.4 is 20.9 Å². The number of rotatable bonds is 4. The molecule has 1 atom stereocenters. The van der Waals surface area contributed by atoms with Gasteiger partial charge in [-0.05, 0) is 30.7 Å². The van der Waals surface area contributed by atoms with Crippen LogP contribution in [0, 0.1) is 11.6 Å². The monoisotopic (exact) mass is 488 g/mol. The summed E-state index contributed by atoms with van der Waals surface area (Å²) in [7, 11) is 0. The minimum Gasteiger partial charge on any atom is -0.462 e. The number of nitrogens with one attached hydrogen (secondary N) is 3. The van der Waals surface area contributed by atoms with Crippen LogP contribution in [0.1, 0.15) is 24.3 Å². The Labute approximate surface area is 197 Å². The van der Waals surface area contributed by atoms with Gasteiger partial charge < -0.3 is 20.0 Å². The van der Waals surface area contributed by atoms with E-state index in [1.54, 1.807) is 6.07 Å². The van der Waals surface area contributed by atoms with E-state index in [2.05, 4.69) is 16.0 Å². The van der Waals surface area contributed by atoms with Gasteiger partial charge in [0.15, 0.2) is 5.58 Å². The number of imide groups is 1. The molecule has 2 aromatic carbocycles. The summed E-state index contributed by atoms with van der Waals surface area (Å²) in [5.74, 6) is -2.86. The lowest BCUT2D eigenvalue weighted by Gasteiger charge is -2.41. The first-order chi connectivity index (χ1) is 16.3. The third-order valence-electron chi connectivity index (χ3n) is 6.03. The predicted molar refractivity (Wildman–Crippen MR) is 121 cm³/mol. The van der Waals surface area contributed by atoms with Crippen LogP contribution >= 0.6 is 11.6 Å². The minimum atomic E-state index is -0.784. The Morgan fingerprint density at radius 1 is 1.15 bits per heavy atom. The Balaban J connectivity index is 1.29. The molecule has 2 aliphatic heterocycles. The Morgan fingerprint density at radius 3 is 2.71 bits per heavy atom. The van der Waals surface area contributed by atoms with E-state index in [0.29, 0.717) is 29.7 Å². The normalized spacial score (nSPS) is 18.6. The molecular weight excluding hydrogens is 470 g/mol. The number of carbonyl (C=O) groups is 3. The van der Waals surface area contributed by atoms with Gasteiger partial charge in [-0.25, -0.2) is 13.6 Å².